The van der Waals surface area contributed by atoms with Crippen molar-refractivity contribution in [1.29, 1.82) is 0 Å². The molecule has 0 saturated carbocycles. The van der Waals surface area contributed by atoms with Gasteiger partial charge in [0, 0.05) is 11.6 Å². The van der Waals surface area contributed by atoms with E-state index < -0.39 is 0 Å². The van der Waals surface area contributed by atoms with Gasteiger partial charge in [-0.1, -0.05) is 23.2 Å². The Hall–Kier alpha value is -0.110. The Morgan fingerprint density at radius 3 is 2.75 bits per heavy atom. The van der Waals surface area contributed by atoms with Crippen LogP contribution in [0.25, 0.3) is 0 Å². The topological polar surface area (TPSA) is 12.0 Å². The van der Waals surface area contributed by atoms with Crippen LogP contribution in [0.5, 0.6) is 0 Å². The van der Waals surface area contributed by atoms with Crippen molar-refractivity contribution in [2.75, 3.05) is 11.9 Å². The second-order valence-electron chi connectivity index (χ2n) is 2.60. The minimum absolute atomic E-state index is 0. The third kappa shape index (κ3) is 1.63. The average Bonchev–Trinajstić information content (AvgIpc) is 2.34. The number of hydrogen-bond acceptors (Lipinski definition) is 1. The molecular formula is C8H8Cl3N. The summed E-state index contributed by atoms with van der Waals surface area (Å²) in [5.74, 6) is 0. The molecule has 1 heterocycles. The van der Waals surface area contributed by atoms with Crippen molar-refractivity contribution in [3.05, 3.63) is 27.7 Å². The van der Waals surface area contributed by atoms with Crippen molar-refractivity contribution in [2.45, 2.75) is 6.42 Å². The van der Waals surface area contributed by atoms with Gasteiger partial charge in [-0.3, -0.25) is 0 Å². The van der Waals surface area contributed by atoms with Crippen LogP contribution in [0.1, 0.15) is 5.56 Å². The largest absolute Gasteiger partial charge is 0.383 e. The van der Waals surface area contributed by atoms with Gasteiger partial charge in [0.15, 0.2) is 0 Å². The molecule has 1 nitrogen and oxygen atoms in total. The van der Waals surface area contributed by atoms with Crippen LogP contribution in [0.3, 0.4) is 0 Å². The molecule has 0 spiro atoms. The molecule has 0 aliphatic carbocycles. The molecule has 1 N–H and O–H groups in total. The van der Waals surface area contributed by atoms with Gasteiger partial charge in [0.2, 0.25) is 0 Å². The van der Waals surface area contributed by atoms with Crippen molar-refractivity contribution in [1.82, 2.24) is 0 Å². The second kappa shape index (κ2) is 3.73. The summed E-state index contributed by atoms with van der Waals surface area (Å²) >= 11 is 11.7. The van der Waals surface area contributed by atoms with Gasteiger partial charge in [-0.2, -0.15) is 0 Å². The summed E-state index contributed by atoms with van der Waals surface area (Å²) in [4.78, 5) is 0. The molecule has 0 bridgehead atoms. The predicted molar refractivity (Wildman–Crippen MR) is 55.9 cm³/mol. The van der Waals surface area contributed by atoms with E-state index in [0.29, 0.717) is 0 Å². The molecule has 0 aromatic heterocycles. The SMILES string of the molecule is Cl.Clc1cc(Cl)c2c(c1)CCN2. The van der Waals surface area contributed by atoms with E-state index in [1.807, 2.05) is 6.07 Å². The van der Waals surface area contributed by atoms with Gasteiger partial charge < -0.3 is 5.32 Å². The van der Waals surface area contributed by atoms with Gasteiger partial charge in [-0.05, 0) is 24.1 Å². The van der Waals surface area contributed by atoms with Crippen LogP contribution < -0.4 is 5.32 Å². The molecular weight excluding hydrogens is 216 g/mol. The van der Waals surface area contributed by atoms with E-state index in [2.05, 4.69) is 5.32 Å². The fraction of sp³-hybridized carbons (Fsp3) is 0.250. The van der Waals surface area contributed by atoms with E-state index in [9.17, 15) is 0 Å². The Labute approximate surface area is 87.5 Å². The summed E-state index contributed by atoms with van der Waals surface area (Å²) in [6.45, 7) is 0.968. The zero-order valence-electron chi connectivity index (χ0n) is 6.23. The third-order valence-corrected chi connectivity index (χ3v) is 2.35. The molecule has 0 radical (unpaired) electrons. The predicted octanol–water partition coefficient (Wildman–Crippen LogP) is 3.38. The Morgan fingerprint density at radius 1 is 1.25 bits per heavy atom. The minimum Gasteiger partial charge on any atom is -0.383 e. The summed E-state index contributed by atoms with van der Waals surface area (Å²) < 4.78 is 0. The van der Waals surface area contributed by atoms with Crippen LogP contribution in [0.2, 0.25) is 10.0 Å². The molecule has 1 aliphatic rings. The average molecular weight is 225 g/mol. The Balaban J connectivity index is 0.000000720. The Kier molecular flexibility index (Phi) is 3.10. The number of nitrogens with one attached hydrogen (secondary N) is 1. The molecule has 4 heteroatoms. The first kappa shape index (κ1) is 9.97. The Bertz CT molecular complexity index is 299. The summed E-state index contributed by atoms with van der Waals surface area (Å²) in [6.07, 6.45) is 1.02. The first-order chi connectivity index (χ1) is 5.27. The minimum atomic E-state index is 0. The lowest BCUT2D eigenvalue weighted by Gasteiger charge is -2.02. The van der Waals surface area contributed by atoms with Crippen LogP contribution in [-0.4, -0.2) is 6.54 Å². The number of hydrogen-bond donors (Lipinski definition) is 1. The van der Waals surface area contributed by atoms with Crippen molar-refractivity contribution in [2.24, 2.45) is 0 Å². The van der Waals surface area contributed by atoms with E-state index in [1.54, 1.807) is 6.07 Å². The third-order valence-electron chi connectivity index (χ3n) is 1.83. The maximum atomic E-state index is 5.93. The number of halogens is 3. The summed E-state index contributed by atoms with van der Waals surface area (Å²) in [5.41, 5.74) is 2.28. The summed E-state index contributed by atoms with van der Waals surface area (Å²) in [6, 6.07) is 3.73. The fourth-order valence-corrected chi connectivity index (χ4v) is 1.95. The molecule has 0 saturated heterocycles. The second-order valence-corrected chi connectivity index (χ2v) is 3.44. The quantitative estimate of drug-likeness (QED) is 0.712. The van der Waals surface area contributed by atoms with Crippen LogP contribution >= 0.6 is 35.6 Å². The molecule has 0 unspecified atom stereocenters. The molecule has 12 heavy (non-hydrogen) atoms. The number of rotatable bonds is 0. The zero-order valence-corrected chi connectivity index (χ0v) is 8.56. The smallest absolute Gasteiger partial charge is 0.0655 e. The highest BCUT2D eigenvalue weighted by Crippen LogP contribution is 2.33. The number of benzene rings is 1. The lowest BCUT2D eigenvalue weighted by atomic mass is 10.2. The first-order valence-electron chi connectivity index (χ1n) is 3.49. The van der Waals surface area contributed by atoms with Crippen molar-refractivity contribution in [3.8, 4) is 0 Å². The number of anilines is 1. The van der Waals surface area contributed by atoms with E-state index in [1.165, 1.54) is 5.56 Å². The molecule has 0 amide bonds. The highest BCUT2D eigenvalue weighted by molar-refractivity contribution is 6.36. The standard InChI is InChI=1S/C8H7Cl2N.ClH/c9-6-3-5-1-2-11-8(5)7(10)4-6;/h3-4,11H,1-2H2;1H. The monoisotopic (exact) mass is 223 g/mol. The molecule has 1 aliphatic heterocycles. The van der Waals surface area contributed by atoms with Crippen molar-refractivity contribution < 1.29 is 0 Å². The van der Waals surface area contributed by atoms with Gasteiger partial charge in [0.25, 0.3) is 0 Å². The molecule has 0 atom stereocenters. The summed E-state index contributed by atoms with van der Waals surface area (Å²) in [7, 11) is 0. The van der Waals surface area contributed by atoms with E-state index in [4.69, 9.17) is 23.2 Å². The molecule has 2 rings (SSSR count). The van der Waals surface area contributed by atoms with Crippen molar-refractivity contribution >= 4 is 41.3 Å². The van der Waals surface area contributed by atoms with Crippen LogP contribution in [0.15, 0.2) is 12.1 Å². The molecule has 66 valence electrons. The zero-order chi connectivity index (χ0) is 7.84. The van der Waals surface area contributed by atoms with Crippen molar-refractivity contribution in [3.63, 3.8) is 0 Å². The maximum Gasteiger partial charge on any atom is 0.0655 e. The lowest BCUT2D eigenvalue weighted by molar-refractivity contribution is 1.11. The fourth-order valence-electron chi connectivity index (χ4n) is 1.34. The van der Waals surface area contributed by atoms with Gasteiger partial charge in [-0.25, -0.2) is 0 Å². The van der Waals surface area contributed by atoms with Crippen LogP contribution in [0, 0.1) is 0 Å². The van der Waals surface area contributed by atoms with Gasteiger partial charge >= 0.3 is 0 Å². The summed E-state index contributed by atoms with van der Waals surface area (Å²) in [5, 5.41) is 4.65. The molecule has 1 aromatic carbocycles. The number of fused-ring (bicyclic) bond motifs is 1. The van der Waals surface area contributed by atoms with Crippen LogP contribution in [0.4, 0.5) is 5.69 Å². The lowest BCUT2D eigenvalue weighted by Crippen LogP contribution is -1.91. The van der Waals surface area contributed by atoms with E-state index in [-0.39, 0.29) is 12.4 Å². The molecule has 1 aromatic rings. The first-order valence-corrected chi connectivity index (χ1v) is 4.25. The van der Waals surface area contributed by atoms with E-state index >= 15 is 0 Å². The maximum absolute atomic E-state index is 5.93. The highest BCUT2D eigenvalue weighted by Gasteiger charge is 2.13. The molecule has 0 fully saturated rings. The van der Waals surface area contributed by atoms with Gasteiger partial charge in [0.05, 0.1) is 10.7 Å². The highest BCUT2D eigenvalue weighted by atomic mass is 35.5. The van der Waals surface area contributed by atoms with E-state index in [0.717, 1.165) is 28.7 Å². The normalized spacial score (nSPS) is 13.2. The van der Waals surface area contributed by atoms with Gasteiger partial charge in [0.1, 0.15) is 0 Å². The van der Waals surface area contributed by atoms with Crippen LogP contribution in [-0.2, 0) is 6.42 Å². The van der Waals surface area contributed by atoms with Gasteiger partial charge in [-0.15, -0.1) is 12.4 Å². The Morgan fingerprint density at radius 2 is 2.00 bits per heavy atom.